The molecule has 0 nitrogen and oxygen atoms in total. The highest BCUT2D eigenvalue weighted by Gasteiger charge is 2.19. The van der Waals surface area contributed by atoms with E-state index in [1.165, 1.54) is 70.6 Å². The highest BCUT2D eigenvalue weighted by molar-refractivity contribution is 4.96. The maximum atomic E-state index is 2.54. The van der Waals surface area contributed by atoms with E-state index in [-0.39, 0.29) is 0 Å². The Kier molecular flexibility index (Phi) is 8.79. The van der Waals surface area contributed by atoms with E-state index in [4.69, 9.17) is 0 Å². The first-order valence-corrected chi connectivity index (χ1v) is 10.3. The van der Waals surface area contributed by atoms with Crippen LogP contribution in [0.25, 0.3) is 0 Å². The minimum atomic E-state index is 0.863. The first kappa shape index (κ1) is 18.6. The normalized spacial score (nSPS) is 33.1. The minimum absolute atomic E-state index is 0.863. The van der Waals surface area contributed by atoms with Gasteiger partial charge in [0.2, 0.25) is 0 Å². The van der Waals surface area contributed by atoms with Crippen LogP contribution in [-0.2, 0) is 0 Å². The zero-order valence-corrected chi connectivity index (χ0v) is 15.6. The van der Waals surface area contributed by atoms with Crippen molar-refractivity contribution in [1.82, 2.24) is 0 Å². The van der Waals surface area contributed by atoms with Crippen molar-refractivity contribution in [2.24, 2.45) is 23.7 Å². The molecule has 0 aromatic carbocycles. The molecule has 0 amide bonds. The molecular weight excluding hydrogens is 276 g/mol. The lowest BCUT2D eigenvalue weighted by atomic mass is 9.79. The molecule has 0 radical (unpaired) electrons. The summed E-state index contributed by atoms with van der Waals surface area (Å²) in [4.78, 5) is 0. The van der Waals surface area contributed by atoms with Crippen LogP contribution in [0.3, 0.4) is 0 Å². The molecule has 2 saturated carbocycles. The summed E-state index contributed by atoms with van der Waals surface area (Å²) in [7, 11) is 0. The minimum Gasteiger partial charge on any atom is -0.0914 e. The smallest absolute Gasteiger partial charge is 0.0233 e. The Labute approximate surface area is 145 Å². The quantitative estimate of drug-likeness (QED) is 0.427. The number of hydrogen-bond donors (Lipinski definition) is 0. The second-order valence-electron chi connectivity index (χ2n) is 7.82. The van der Waals surface area contributed by atoms with Gasteiger partial charge in [0.05, 0.1) is 0 Å². The van der Waals surface area contributed by atoms with E-state index in [2.05, 4.69) is 50.3 Å². The van der Waals surface area contributed by atoms with Gasteiger partial charge in [0.25, 0.3) is 0 Å². The molecule has 0 unspecified atom stereocenters. The molecule has 2 aliphatic rings. The molecule has 23 heavy (non-hydrogen) atoms. The average Bonchev–Trinajstić information content (AvgIpc) is 2.59. The largest absolute Gasteiger partial charge is 0.0914 e. The molecule has 0 heteroatoms. The van der Waals surface area contributed by atoms with Crippen LogP contribution < -0.4 is 0 Å². The van der Waals surface area contributed by atoms with E-state index >= 15 is 0 Å². The Morgan fingerprint density at radius 3 is 1.78 bits per heavy atom. The van der Waals surface area contributed by atoms with Crippen molar-refractivity contribution in [2.45, 2.75) is 84.5 Å². The third-order valence-electron chi connectivity index (χ3n) is 5.97. The molecule has 0 atom stereocenters. The molecule has 0 aromatic rings. The van der Waals surface area contributed by atoms with Crippen LogP contribution in [0.1, 0.15) is 84.5 Å². The molecule has 2 aliphatic carbocycles. The van der Waals surface area contributed by atoms with Gasteiger partial charge in [-0.3, -0.25) is 0 Å². The van der Waals surface area contributed by atoms with Crippen LogP contribution in [-0.4, -0.2) is 0 Å². The molecule has 0 bridgehead atoms. The van der Waals surface area contributed by atoms with E-state index in [1.54, 1.807) is 0 Å². The van der Waals surface area contributed by atoms with Crippen LogP contribution in [0.4, 0.5) is 0 Å². The molecule has 2 fully saturated rings. The average molecular weight is 315 g/mol. The Bertz CT molecular complexity index is 371. The van der Waals surface area contributed by atoms with Crippen molar-refractivity contribution in [3.8, 4) is 0 Å². The van der Waals surface area contributed by atoms with Gasteiger partial charge in [-0.25, -0.2) is 0 Å². The molecule has 0 spiro atoms. The zero-order chi connectivity index (χ0) is 16.3. The Morgan fingerprint density at radius 2 is 1.22 bits per heavy atom. The van der Waals surface area contributed by atoms with Gasteiger partial charge in [-0.15, -0.1) is 0 Å². The summed E-state index contributed by atoms with van der Waals surface area (Å²) in [5, 5.41) is 0. The van der Waals surface area contributed by atoms with Gasteiger partial charge in [0.1, 0.15) is 0 Å². The maximum absolute atomic E-state index is 2.54. The Hall–Kier alpha value is -0.780. The molecule has 0 saturated heterocycles. The lowest BCUT2D eigenvalue weighted by Gasteiger charge is -2.26. The summed E-state index contributed by atoms with van der Waals surface area (Å²) >= 11 is 0. The molecule has 2 rings (SSSR count). The maximum Gasteiger partial charge on any atom is -0.0233 e. The van der Waals surface area contributed by atoms with E-state index in [9.17, 15) is 0 Å². The van der Waals surface area contributed by atoms with Crippen LogP contribution in [0.2, 0.25) is 0 Å². The molecule has 130 valence electrons. The third kappa shape index (κ3) is 7.10. The molecule has 0 aliphatic heterocycles. The Morgan fingerprint density at radius 1 is 0.696 bits per heavy atom. The van der Waals surface area contributed by atoms with E-state index in [0.717, 1.165) is 23.7 Å². The predicted molar refractivity (Wildman–Crippen MR) is 104 cm³/mol. The van der Waals surface area contributed by atoms with E-state index < -0.39 is 0 Å². The van der Waals surface area contributed by atoms with E-state index in [0.29, 0.717) is 0 Å². The van der Waals surface area contributed by atoms with Crippen LogP contribution >= 0.6 is 0 Å². The van der Waals surface area contributed by atoms with Gasteiger partial charge in [0.15, 0.2) is 0 Å². The summed E-state index contributed by atoms with van der Waals surface area (Å²) in [6, 6.07) is 0. The lowest BCUT2D eigenvalue weighted by Crippen LogP contribution is -2.13. The van der Waals surface area contributed by atoms with Crippen LogP contribution in [0.15, 0.2) is 36.5 Å². The second kappa shape index (κ2) is 10.9. The second-order valence-corrected chi connectivity index (χ2v) is 7.82. The SMILES string of the molecule is CC=CC1CCC(C=CCCC2CCC(C=CCC)CC2)CC1. The van der Waals surface area contributed by atoms with Crippen molar-refractivity contribution in [2.75, 3.05) is 0 Å². The topological polar surface area (TPSA) is 0 Å². The predicted octanol–water partition coefficient (Wildman–Crippen LogP) is 7.48. The van der Waals surface area contributed by atoms with Gasteiger partial charge in [-0.2, -0.15) is 0 Å². The van der Waals surface area contributed by atoms with E-state index in [1.807, 2.05) is 0 Å². The molecule has 0 N–H and O–H groups in total. The number of hydrogen-bond acceptors (Lipinski definition) is 0. The highest BCUT2D eigenvalue weighted by atomic mass is 14.2. The monoisotopic (exact) mass is 314 g/mol. The fourth-order valence-electron chi connectivity index (χ4n) is 4.42. The first-order chi connectivity index (χ1) is 11.3. The van der Waals surface area contributed by atoms with Gasteiger partial charge in [-0.05, 0) is 101 Å². The number of rotatable bonds is 7. The summed E-state index contributed by atoms with van der Waals surface area (Å²) in [5.41, 5.74) is 0. The van der Waals surface area contributed by atoms with Crippen molar-refractivity contribution in [3.63, 3.8) is 0 Å². The molecule has 0 aromatic heterocycles. The van der Waals surface area contributed by atoms with Crippen molar-refractivity contribution < 1.29 is 0 Å². The first-order valence-electron chi connectivity index (χ1n) is 10.3. The molecular formula is C23H38. The van der Waals surface area contributed by atoms with Crippen LogP contribution in [0, 0.1) is 23.7 Å². The van der Waals surface area contributed by atoms with Gasteiger partial charge in [0, 0.05) is 0 Å². The Balaban J connectivity index is 1.56. The number of allylic oxidation sites excluding steroid dienone is 6. The molecule has 0 heterocycles. The zero-order valence-electron chi connectivity index (χ0n) is 15.6. The summed E-state index contributed by atoms with van der Waals surface area (Å²) < 4.78 is 0. The standard InChI is InChI=1S/C23H38/c1-3-5-9-21-16-18-23(19-17-21)11-7-6-10-22-14-12-20(8-4-2)13-15-22/h4-6,8-10,20-23H,3,7,11-19H2,1-2H3. The fourth-order valence-corrected chi connectivity index (χ4v) is 4.42. The lowest BCUT2D eigenvalue weighted by molar-refractivity contribution is 0.297. The fraction of sp³-hybridized carbons (Fsp3) is 0.739. The van der Waals surface area contributed by atoms with Crippen molar-refractivity contribution in [1.29, 1.82) is 0 Å². The van der Waals surface area contributed by atoms with Gasteiger partial charge in [-0.1, -0.05) is 43.4 Å². The van der Waals surface area contributed by atoms with Crippen molar-refractivity contribution in [3.05, 3.63) is 36.5 Å². The highest BCUT2D eigenvalue weighted by Crippen LogP contribution is 2.33. The van der Waals surface area contributed by atoms with Gasteiger partial charge < -0.3 is 0 Å². The summed E-state index contributed by atoms with van der Waals surface area (Å²) in [5.74, 6) is 3.61. The van der Waals surface area contributed by atoms with Gasteiger partial charge >= 0.3 is 0 Å². The summed E-state index contributed by atoms with van der Waals surface area (Å²) in [6.07, 6.45) is 29.8. The van der Waals surface area contributed by atoms with Crippen molar-refractivity contribution >= 4 is 0 Å². The van der Waals surface area contributed by atoms with Crippen LogP contribution in [0.5, 0.6) is 0 Å². The third-order valence-corrected chi connectivity index (χ3v) is 5.97. The summed E-state index contributed by atoms with van der Waals surface area (Å²) in [6.45, 7) is 4.39.